The molecule has 2 unspecified atom stereocenters. The number of halogens is 2. The molecule has 1 aliphatic rings. The standard InChI is InChI=1S/C25H21Cl2NO4/c26-15-10-9-14(21(27)12-15)11-22(28)23(24(29)30)25(31)32-13-20-18-7-3-1-5-16(18)17-6-2-4-8-19(17)20/h1-10,12,20,22-23H,11,13,28H2,(H,29,30). The van der Waals surface area contributed by atoms with Gasteiger partial charge in [-0.3, -0.25) is 9.59 Å². The molecule has 0 radical (unpaired) electrons. The highest BCUT2D eigenvalue weighted by molar-refractivity contribution is 6.35. The summed E-state index contributed by atoms with van der Waals surface area (Å²) in [7, 11) is 0. The number of ether oxygens (including phenoxy) is 1. The van der Waals surface area contributed by atoms with Crippen LogP contribution in [0, 0.1) is 5.92 Å². The smallest absolute Gasteiger partial charge is 0.321 e. The molecule has 0 saturated heterocycles. The van der Waals surface area contributed by atoms with Gasteiger partial charge in [-0.1, -0.05) is 77.8 Å². The first-order valence-corrected chi connectivity index (χ1v) is 10.9. The number of rotatable bonds is 7. The highest BCUT2D eigenvalue weighted by Crippen LogP contribution is 2.44. The van der Waals surface area contributed by atoms with Crippen molar-refractivity contribution in [3.63, 3.8) is 0 Å². The van der Waals surface area contributed by atoms with Gasteiger partial charge in [0.2, 0.25) is 0 Å². The second-order valence-corrected chi connectivity index (χ2v) is 8.62. The van der Waals surface area contributed by atoms with Crippen LogP contribution < -0.4 is 5.73 Å². The molecule has 0 bridgehead atoms. The quantitative estimate of drug-likeness (QED) is 0.378. The number of aliphatic carboxylic acids is 1. The fourth-order valence-corrected chi connectivity index (χ4v) is 4.70. The fourth-order valence-electron chi connectivity index (χ4n) is 4.21. The van der Waals surface area contributed by atoms with Crippen LogP contribution >= 0.6 is 23.2 Å². The SMILES string of the molecule is NC(Cc1ccc(Cl)cc1Cl)C(C(=O)O)C(=O)OCC1c2ccccc2-c2ccccc21. The maximum atomic E-state index is 12.8. The maximum absolute atomic E-state index is 12.8. The van der Waals surface area contributed by atoms with Gasteiger partial charge in [0.15, 0.2) is 5.92 Å². The van der Waals surface area contributed by atoms with Crippen molar-refractivity contribution in [3.05, 3.63) is 93.5 Å². The van der Waals surface area contributed by atoms with E-state index in [0.29, 0.717) is 15.6 Å². The van der Waals surface area contributed by atoms with E-state index in [1.54, 1.807) is 18.2 Å². The molecule has 0 saturated carbocycles. The van der Waals surface area contributed by atoms with Crippen molar-refractivity contribution in [3.8, 4) is 11.1 Å². The minimum absolute atomic E-state index is 0.0328. The molecular weight excluding hydrogens is 449 g/mol. The van der Waals surface area contributed by atoms with Gasteiger partial charge in [-0.25, -0.2) is 0 Å². The van der Waals surface area contributed by atoms with Crippen molar-refractivity contribution in [2.75, 3.05) is 6.61 Å². The predicted octanol–water partition coefficient (Wildman–Crippen LogP) is 4.92. The number of esters is 1. The van der Waals surface area contributed by atoms with Gasteiger partial charge in [0.1, 0.15) is 6.61 Å². The molecule has 3 aromatic rings. The lowest BCUT2D eigenvalue weighted by molar-refractivity contribution is -0.159. The molecule has 0 fully saturated rings. The van der Waals surface area contributed by atoms with Gasteiger partial charge in [0.25, 0.3) is 0 Å². The first kappa shape index (κ1) is 22.3. The molecule has 1 aliphatic carbocycles. The third-order valence-electron chi connectivity index (χ3n) is 5.77. The number of nitrogens with two attached hydrogens (primary N) is 1. The van der Waals surface area contributed by atoms with Gasteiger partial charge in [0, 0.05) is 22.0 Å². The molecule has 3 N–H and O–H groups in total. The van der Waals surface area contributed by atoms with E-state index in [1.807, 2.05) is 48.5 Å². The Morgan fingerprint density at radius 2 is 1.56 bits per heavy atom. The number of carbonyl (C=O) groups excluding carboxylic acids is 1. The van der Waals surface area contributed by atoms with Gasteiger partial charge in [-0.05, 0) is 46.4 Å². The average Bonchev–Trinajstić information content (AvgIpc) is 3.08. The van der Waals surface area contributed by atoms with Crippen LogP contribution in [0.15, 0.2) is 66.7 Å². The lowest BCUT2D eigenvalue weighted by atomic mass is 9.94. The van der Waals surface area contributed by atoms with Gasteiger partial charge < -0.3 is 15.6 Å². The van der Waals surface area contributed by atoms with Crippen molar-refractivity contribution in [2.45, 2.75) is 18.4 Å². The third-order valence-corrected chi connectivity index (χ3v) is 6.36. The van der Waals surface area contributed by atoms with E-state index >= 15 is 0 Å². The lowest BCUT2D eigenvalue weighted by Crippen LogP contribution is -2.43. The monoisotopic (exact) mass is 469 g/mol. The number of hydrogen-bond acceptors (Lipinski definition) is 4. The molecule has 2 atom stereocenters. The highest BCUT2D eigenvalue weighted by atomic mass is 35.5. The van der Waals surface area contributed by atoms with Crippen LogP contribution in [0.5, 0.6) is 0 Å². The summed E-state index contributed by atoms with van der Waals surface area (Å²) in [6.07, 6.45) is 0.0944. The number of fused-ring (bicyclic) bond motifs is 3. The average molecular weight is 470 g/mol. The van der Waals surface area contributed by atoms with Gasteiger partial charge >= 0.3 is 11.9 Å². The largest absolute Gasteiger partial charge is 0.481 e. The van der Waals surface area contributed by atoms with E-state index in [1.165, 1.54) is 0 Å². The van der Waals surface area contributed by atoms with Crippen molar-refractivity contribution < 1.29 is 19.4 Å². The Balaban J connectivity index is 1.50. The van der Waals surface area contributed by atoms with Crippen LogP contribution in [-0.4, -0.2) is 29.7 Å². The first-order valence-electron chi connectivity index (χ1n) is 10.1. The molecule has 7 heteroatoms. The summed E-state index contributed by atoms with van der Waals surface area (Å²) in [6, 6.07) is 19.7. The van der Waals surface area contributed by atoms with Crippen molar-refractivity contribution in [2.24, 2.45) is 11.7 Å². The molecule has 164 valence electrons. The summed E-state index contributed by atoms with van der Waals surface area (Å²) in [4.78, 5) is 24.7. The zero-order valence-electron chi connectivity index (χ0n) is 17.0. The van der Waals surface area contributed by atoms with E-state index in [0.717, 1.165) is 22.3 Å². The van der Waals surface area contributed by atoms with Gasteiger partial charge in [-0.2, -0.15) is 0 Å². The number of carbonyl (C=O) groups is 2. The Morgan fingerprint density at radius 1 is 0.969 bits per heavy atom. The van der Waals surface area contributed by atoms with E-state index < -0.39 is 23.9 Å². The Kier molecular flexibility index (Phi) is 6.51. The van der Waals surface area contributed by atoms with Crippen LogP contribution in [0.25, 0.3) is 11.1 Å². The molecular formula is C25H21Cl2NO4. The maximum Gasteiger partial charge on any atom is 0.321 e. The van der Waals surface area contributed by atoms with Gasteiger partial charge in [0.05, 0.1) is 0 Å². The fraction of sp³-hybridized carbons (Fsp3) is 0.200. The summed E-state index contributed by atoms with van der Waals surface area (Å²) in [6.45, 7) is 0.0328. The Hall–Kier alpha value is -2.86. The van der Waals surface area contributed by atoms with Crippen molar-refractivity contribution in [1.82, 2.24) is 0 Å². The minimum atomic E-state index is -1.52. The summed E-state index contributed by atoms with van der Waals surface area (Å²) in [5.41, 5.74) is 11.0. The molecule has 0 aliphatic heterocycles. The van der Waals surface area contributed by atoms with E-state index in [9.17, 15) is 14.7 Å². The summed E-state index contributed by atoms with van der Waals surface area (Å²) in [5.74, 6) is -3.88. The lowest BCUT2D eigenvalue weighted by Gasteiger charge is -2.21. The Morgan fingerprint density at radius 3 is 2.12 bits per heavy atom. The van der Waals surface area contributed by atoms with Crippen LogP contribution in [0.1, 0.15) is 22.6 Å². The highest BCUT2D eigenvalue weighted by Gasteiger charge is 2.36. The van der Waals surface area contributed by atoms with Gasteiger partial charge in [-0.15, -0.1) is 0 Å². The van der Waals surface area contributed by atoms with E-state index in [-0.39, 0.29) is 18.9 Å². The summed E-state index contributed by atoms with van der Waals surface area (Å²) in [5, 5.41) is 10.5. The molecule has 0 amide bonds. The number of benzene rings is 3. The molecule has 32 heavy (non-hydrogen) atoms. The zero-order chi connectivity index (χ0) is 22.8. The normalized spacial score (nSPS) is 14.3. The molecule has 5 nitrogen and oxygen atoms in total. The molecule has 3 aromatic carbocycles. The Bertz CT molecular complexity index is 1130. The molecule has 0 heterocycles. The third kappa shape index (κ3) is 4.37. The van der Waals surface area contributed by atoms with Crippen molar-refractivity contribution in [1.29, 1.82) is 0 Å². The second kappa shape index (κ2) is 9.33. The first-order chi connectivity index (χ1) is 15.4. The summed E-state index contributed by atoms with van der Waals surface area (Å²) < 4.78 is 5.52. The zero-order valence-corrected chi connectivity index (χ0v) is 18.5. The Labute approximate surface area is 195 Å². The number of hydrogen-bond donors (Lipinski definition) is 2. The molecule has 4 rings (SSSR count). The molecule has 0 aromatic heterocycles. The number of carboxylic acid groups (broad SMARTS) is 1. The van der Waals surface area contributed by atoms with Crippen LogP contribution in [0.2, 0.25) is 10.0 Å². The van der Waals surface area contributed by atoms with E-state index in [2.05, 4.69) is 0 Å². The van der Waals surface area contributed by atoms with Crippen LogP contribution in [0.4, 0.5) is 0 Å². The summed E-state index contributed by atoms with van der Waals surface area (Å²) >= 11 is 12.1. The van der Waals surface area contributed by atoms with E-state index in [4.69, 9.17) is 33.7 Å². The second-order valence-electron chi connectivity index (χ2n) is 7.78. The molecule has 0 spiro atoms. The number of carboxylic acids is 1. The topological polar surface area (TPSA) is 89.6 Å². The van der Waals surface area contributed by atoms with Crippen LogP contribution in [0.3, 0.4) is 0 Å². The van der Waals surface area contributed by atoms with Crippen LogP contribution in [-0.2, 0) is 20.7 Å². The predicted molar refractivity (Wildman–Crippen MR) is 124 cm³/mol. The minimum Gasteiger partial charge on any atom is -0.481 e. The van der Waals surface area contributed by atoms with Crippen molar-refractivity contribution >= 4 is 35.1 Å².